The van der Waals surface area contributed by atoms with Crippen molar-refractivity contribution >= 4 is 17.5 Å². The normalized spacial score (nSPS) is 25.9. The summed E-state index contributed by atoms with van der Waals surface area (Å²) in [6, 6.07) is 24.3. The van der Waals surface area contributed by atoms with Crippen molar-refractivity contribution in [3.8, 4) is 5.75 Å². The summed E-state index contributed by atoms with van der Waals surface area (Å²) in [5.74, 6) is -0.248. The fourth-order valence-corrected chi connectivity index (χ4v) is 7.02. The second-order valence-electron chi connectivity index (χ2n) is 10.0. The summed E-state index contributed by atoms with van der Waals surface area (Å²) in [5.41, 5.74) is 4.98. The van der Waals surface area contributed by atoms with Crippen LogP contribution in [0.25, 0.3) is 0 Å². The first-order valence-corrected chi connectivity index (χ1v) is 12.9. The lowest BCUT2D eigenvalue weighted by Crippen LogP contribution is -2.53. The second kappa shape index (κ2) is 8.37. The Bertz CT molecular complexity index is 1250. The first-order chi connectivity index (χ1) is 17.1. The highest BCUT2D eigenvalue weighted by Crippen LogP contribution is 2.65. The average Bonchev–Trinajstić information content (AvgIpc) is 3.17. The summed E-state index contributed by atoms with van der Waals surface area (Å²) < 4.78 is 5.85. The van der Waals surface area contributed by atoms with Crippen molar-refractivity contribution in [2.24, 2.45) is 11.8 Å². The third kappa shape index (κ3) is 2.98. The van der Waals surface area contributed by atoms with Crippen molar-refractivity contribution in [2.45, 2.75) is 50.9 Å². The van der Waals surface area contributed by atoms with Crippen molar-refractivity contribution in [1.82, 2.24) is 0 Å². The molecule has 35 heavy (non-hydrogen) atoms. The van der Waals surface area contributed by atoms with Gasteiger partial charge in [0.2, 0.25) is 11.8 Å². The van der Waals surface area contributed by atoms with Gasteiger partial charge < -0.3 is 4.74 Å². The van der Waals surface area contributed by atoms with E-state index < -0.39 is 5.41 Å². The van der Waals surface area contributed by atoms with E-state index in [1.165, 1.54) is 27.2 Å². The number of carbonyl (C=O) groups is 2. The van der Waals surface area contributed by atoms with Crippen LogP contribution in [0.15, 0.2) is 72.8 Å². The van der Waals surface area contributed by atoms with Crippen molar-refractivity contribution in [2.75, 3.05) is 11.5 Å². The number of ether oxygens (including phenoxy) is 1. The molecular formula is C31H31NO3. The zero-order valence-corrected chi connectivity index (χ0v) is 20.4. The van der Waals surface area contributed by atoms with Crippen molar-refractivity contribution in [3.63, 3.8) is 0 Å². The van der Waals surface area contributed by atoms with Crippen LogP contribution in [0, 0.1) is 11.8 Å². The lowest BCUT2D eigenvalue weighted by molar-refractivity contribution is -0.123. The molecule has 3 aliphatic carbocycles. The summed E-state index contributed by atoms with van der Waals surface area (Å²) in [5, 5.41) is 0. The number of nitrogens with zero attached hydrogens (tertiary/aromatic N) is 1. The highest BCUT2D eigenvalue weighted by molar-refractivity contribution is 6.23. The molecule has 1 heterocycles. The number of carbonyl (C=O) groups excluding carboxylic acids is 2. The molecule has 2 amide bonds. The Hall–Kier alpha value is -3.40. The highest BCUT2D eigenvalue weighted by Gasteiger charge is 2.67. The van der Waals surface area contributed by atoms with Gasteiger partial charge in [-0.25, -0.2) is 4.90 Å². The van der Waals surface area contributed by atoms with E-state index >= 15 is 0 Å². The number of amides is 2. The van der Waals surface area contributed by atoms with Crippen LogP contribution < -0.4 is 9.64 Å². The molecule has 7 rings (SSSR count). The standard InChI is InChI=1S/C31H31NO3/c1-3-5-10-19-35-21-17-15-20(16-18-21)32-29(33)27-26-22-11-6-8-13-24(22)31(4-2,28(27)30(32)34)25-14-9-7-12-23(25)26/h6-9,11-18,26-28H,3-5,10,19H2,1-2H3/t26?,27-,28+,31?/m0/s1. The van der Waals surface area contributed by atoms with Crippen LogP contribution in [0.2, 0.25) is 0 Å². The number of hydrogen-bond acceptors (Lipinski definition) is 3. The Kier molecular flexibility index (Phi) is 5.28. The average molecular weight is 466 g/mol. The molecule has 0 radical (unpaired) electrons. The second-order valence-corrected chi connectivity index (χ2v) is 10.0. The molecule has 1 saturated heterocycles. The van der Waals surface area contributed by atoms with Gasteiger partial charge in [-0.05, 0) is 59.4 Å². The first kappa shape index (κ1) is 22.1. The molecule has 3 aromatic carbocycles. The van der Waals surface area contributed by atoms with E-state index in [4.69, 9.17) is 4.74 Å². The van der Waals surface area contributed by atoms with Gasteiger partial charge in [0.15, 0.2) is 0 Å². The molecule has 2 bridgehead atoms. The summed E-state index contributed by atoms with van der Waals surface area (Å²) in [4.78, 5) is 29.6. The fourth-order valence-electron chi connectivity index (χ4n) is 7.02. The van der Waals surface area contributed by atoms with E-state index in [-0.39, 0.29) is 29.6 Å². The Morgan fingerprint density at radius 3 is 2.03 bits per heavy atom. The molecule has 2 atom stereocenters. The van der Waals surface area contributed by atoms with Gasteiger partial charge in [-0.3, -0.25) is 9.59 Å². The molecule has 0 saturated carbocycles. The Labute approximate surface area is 206 Å². The van der Waals surface area contributed by atoms with E-state index in [2.05, 4.69) is 62.4 Å². The number of anilines is 1. The van der Waals surface area contributed by atoms with E-state index in [1.54, 1.807) is 0 Å². The van der Waals surface area contributed by atoms with Gasteiger partial charge in [0.1, 0.15) is 5.75 Å². The molecule has 178 valence electrons. The van der Waals surface area contributed by atoms with Gasteiger partial charge in [-0.2, -0.15) is 0 Å². The number of unbranched alkanes of at least 4 members (excludes halogenated alkanes) is 2. The maximum absolute atomic E-state index is 14.1. The van der Waals surface area contributed by atoms with Crippen LogP contribution in [0.4, 0.5) is 5.69 Å². The third-order valence-corrected chi connectivity index (χ3v) is 8.46. The topological polar surface area (TPSA) is 46.6 Å². The van der Waals surface area contributed by atoms with Gasteiger partial charge in [-0.1, -0.05) is 75.2 Å². The minimum atomic E-state index is -0.490. The fraction of sp³-hybridized carbons (Fsp3) is 0.355. The van der Waals surface area contributed by atoms with Crippen LogP contribution >= 0.6 is 0 Å². The maximum Gasteiger partial charge on any atom is 0.238 e. The van der Waals surface area contributed by atoms with Gasteiger partial charge >= 0.3 is 0 Å². The number of hydrogen-bond donors (Lipinski definition) is 0. The van der Waals surface area contributed by atoms with E-state index in [9.17, 15) is 9.59 Å². The number of rotatable bonds is 7. The third-order valence-electron chi connectivity index (χ3n) is 8.46. The van der Waals surface area contributed by atoms with E-state index in [0.717, 1.165) is 31.4 Å². The lowest BCUT2D eigenvalue weighted by Gasteiger charge is -2.54. The predicted molar refractivity (Wildman–Crippen MR) is 137 cm³/mol. The zero-order valence-electron chi connectivity index (χ0n) is 20.4. The number of benzene rings is 3. The van der Waals surface area contributed by atoms with Crippen LogP contribution in [0.5, 0.6) is 5.75 Å². The smallest absolute Gasteiger partial charge is 0.238 e. The highest BCUT2D eigenvalue weighted by atomic mass is 16.5. The molecule has 1 aliphatic heterocycles. The molecule has 3 aromatic rings. The summed E-state index contributed by atoms with van der Waals surface area (Å²) >= 11 is 0. The van der Waals surface area contributed by atoms with Crippen LogP contribution in [0.3, 0.4) is 0 Å². The molecule has 4 heteroatoms. The SMILES string of the molecule is CCCCCOc1ccc(N2C(=O)[C@H]3C4c5ccccc5C(CC)(c5ccccc54)[C@H]3C2=O)cc1. The van der Waals surface area contributed by atoms with Gasteiger partial charge in [0.25, 0.3) is 0 Å². The molecule has 0 N–H and O–H groups in total. The lowest BCUT2D eigenvalue weighted by atomic mass is 9.46. The molecule has 1 fully saturated rings. The predicted octanol–water partition coefficient (Wildman–Crippen LogP) is 6.22. The molecule has 4 nitrogen and oxygen atoms in total. The van der Waals surface area contributed by atoms with E-state index in [1.807, 2.05) is 24.3 Å². The van der Waals surface area contributed by atoms with Crippen LogP contribution in [-0.4, -0.2) is 18.4 Å². The quantitative estimate of drug-likeness (QED) is 0.308. The van der Waals surface area contributed by atoms with Gasteiger partial charge in [0, 0.05) is 11.3 Å². The maximum atomic E-state index is 14.1. The summed E-state index contributed by atoms with van der Waals surface area (Å²) in [7, 11) is 0. The molecule has 0 unspecified atom stereocenters. The van der Waals surface area contributed by atoms with Gasteiger partial charge in [0.05, 0.1) is 24.1 Å². The zero-order chi connectivity index (χ0) is 24.2. The molecule has 0 aromatic heterocycles. The minimum Gasteiger partial charge on any atom is -0.494 e. The largest absolute Gasteiger partial charge is 0.494 e. The monoisotopic (exact) mass is 465 g/mol. The van der Waals surface area contributed by atoms with Gasteiger partial charge in [-0.15, -0.1) is 0 Å². The molecular weight excluding hydrogens is 434 g/mol. The summed E-state index contributed by atoms with van der Waals surface area (Å²) in [6.45, 7) is 5.00. The van der Waals surface area contributed by atoms with Crippen molar-refractivity contribution in [1.29, 1.82) is 0 Å². The van der Waals surface area contributed by atoms with Crippen LogP contribution in [-0.2, 0) is 15.0 Å². The Morgan fingerprint density at radius 2 is 1.43 bits per heavy atom. The molecule has 4 aliphatic rings. The Morgan fingerprint density at radius 1 is 0.800 bits per heavy atom. The first-order valence-electron chi connectivity index (χ1n) is 12.9. The minimum absolute atomic E-state index is 0.0764. The Balaban J connectivity index is 1.41. The van der Waals surface area contributed by atoms with Crippen molar-refractivity contribution in [3.05, 3.63) is 95.1 Å². The number of imide groups is 1. The van der Waals surface area contributed by atoms with Crippen LogP contribution in [0.1, 0.15) is 67.7 Å². The van der Waals surface area contributed by atoms with E-state index in [0.29, 0.717) is 12.3 Å². The summed E-state index contributed by atoms with van der Waals surface area (Å²) in [6.07, 6.45) is 4.08. The molecule has 0 spiro atoms. The van der Waals surface area contributed by atoms with Crippen molar-refractivity contribution < 1.29 is 14.3 Å².